The number of rotatable bonds is 7. The lowest BCUT2D eigenvalue weighted by molar-refractivity contribution is -0.133. The van der Waals surface area contributed by atoms with Gasteiger partial charge in [-0.3, -0.25) is 14.5 Å². The number of nitrogens with zero attached hydrogens (tertiary/aromatic N) is 3. The number of carbonyl (C=O) groups is 2. The molecule has 6 nitrogen and oxygen atoms in total. The molecule has 2 aliphatic heterocycles. The highest BCUT2D eigenvalue weighted by Crippen LogP contribution is 2.23. The first-order valence-electron chi connectivity index (χ1n) is 11.4. The molecule has 2 fully saturated rings. The summed E-state index contributed by atoms with van der Waals surface area (Å²) in [5.41, 5.74) is 1.12. The van der Waals surface area contributed by atoms with E-state index in [1.807, 2.05) is 29.0 Å². The van der Waals surface area contributed by atoms with Gasteiger partial charge in [0.15, 0.2) is 0 Å². The van der Waals surface area contributed by atoms with Gasteiger partial charge >= 0.3 is 0 Å². The van der Waals surface area contributed by atoms with Crippen molar-refractivity contribution in [2.75, 3.05) is 40.3 Å². The number of likely N-dealkylation sites (N-methyl/N-ethyl adjacent to an activating group) is 1. The van der Waals surface area contributed by atoms with E-state index in [0.29, 0.717) is 25.6 Å². The van der Waals surface area contributed by atoms with Crippen LogP contribution in [0.1, 0.15) is 37.7 Å². The first kappa shape index (κ1) is 21.6. The molecule has 31 heavy (non-hydrogen) atoms. The molecule has 2 aliphatic rings. The van der Waals surface area contributed by atoms with Gasteiger partial charge in [0, 0.05) is 39.1 Å². The van der Waals surface area contributed by atoms with E-state index in [0.717, 1.165) is 61.0 Å². The van der Waals surface area contributed by atoms with Gasteiger partial charge in [0.2, 0.25) is 11.8 Å². The van der Waals surface area contributed by atoms with E-state index in [1.54, 1.807) is 7.11 Å². The lowest BCUT2D eigenvalue weighted by Gasteiger charge is -2.38. The fourth-order valence-corrected chi connectivity index (χ4v) is 4.78. The number of carbonyl (C=O) groups excluding carboxylic acids is 2. The minimum Gasteiger partial charge on any atom is -0.497 e. The zero-order valence-electron chi connectivity index (χ0n) is 18.7. The molecule has 0 aliphatic carbocycles. The second-order valence-electron chi connectivity index (χ2n) is 8.86. The van der Waals surface area contributed by atoms with E-state index >= 15 is 0 Å². The van der Waals surface area contributed by atoms with Crippen molar-refractivity contribution in [1.29, 1.82) is 0 Å². The predicted octanol–water partition coefficient (Wildman–Crippen LogP) is 3.28. The molecule has 0 aromatic heterocycles. The molecule has 0 N–H and O–H groups in total. The van der Waals surface area contributed by atoms with Gasteiger partial charge in [-0.15, -0.1) is 0 Å². The Morgan fingerprint density at radius 3 is 2.68 bits per heavy atom. The average Bonchev–Trinajstić information content (AvgIpc) is 3.19. The molecule has 0 saturated carbocycles. The molecule has 2 aromatic rings. The van der Waals surface area contributed by atoms with Crippen LogP contribution in [0.5, 0.6) is 5.75 Å². The molecule has 0 bridgehead atoms. The van der Waals surface area contributed by atoms with E-state index in [-0.39, 0.29) is 11.8 Å². The molecule has 2 heterocycles. The van der Waals surface area contributed by atoms with E-state index in [2.05, 4.69) is 29.2 Å². The Hall–Kier alpha value is -2.60. The summed E-state index contributed by atoms with van der Waals surface area (Å²) >= 11 is 0. The van der Waals surface area contributed by atoms with E-state index < -0.39 is 0 Å². The van der Waals surface area contributed by atoms with Crippen LogP contribution in [0.4, 0.5) is 0 Å². The molecule has 0 radical (unpaired) electrons. The van der Waals surface area contributed by atoms with E-state index in [1.165, 1.54) is 6.42 Å². The monoisotopic (exact) mass is 423 g/mol. The molecule has 1 atom stereocenters. The molecule has 2 aromatic carbocycles. The van der Waals surface area contributed by atoms with Crippen LogP contribution < -0.4 is 4.74 Å². The summed E-state index contributed by atoms with van der Waals surface area (Å²) in [6.45, 7) is 3.58. The Morgan fingerprint density at radius 1 is 1.10 bits per heavy atom. The zero-order valence-corrected chi connectivity index (χ0v) is 18.7. The molecule has 4 rings (SSSR count). The Morgan fingerprint density at radius 2 is 1.90 bits per heavy atom. The van der Waals surface area contributed by atoms with Crippen molar-refractivity contribution >= 4 is 22.6 Å². The average molecular weight is 424 g/mol. The molecular weight excluding hydrogens is 390 g/mol. The third-order valence-corrected chi connectivity index (χ3v) is 6.65. The number of amides is 2. The van der Waals surface area contributed by atoms with Gasteiger partial charge in [-0.2, -0.15) is 0 Å². The lowest BCUT2D eigenvalue weighted by atomic mass is 10.0. The number of ether oxygens (including phenoxy) is 1. The Balaban J connectivity index is 1.36. The summed E-state index contributed by atoms with van der Waals surface area (Å²) in [6.07, 6.45) is 5.00. The maximum absolute atomic E-state index is 13.0. The molecule has 2 saturated heterocycles. The minimum atomic E-state index is 0.134. The molecule has 6 heteroatoms. The van der Waals surface area contributed by atoms with Gasteiger partial charge < -0.3 is 14.5 Å². The van der Waals surface area contributed by atoms with Gasteiger partial charge in [0.05, 0.1) is 13.7 Å². The number of hydrogen-bond acceptors (Lipinski definition) is 4. The van der Waals surface area contributed by atoms with Crippen LogP contribution in [0.3, 0.4) is 0 Å². The van der Waals surface area contributed by atoms with Gasteiger partial charge in [-0.1, -0.05) is 24.6 Å². The highest BCUT2D eigenvalue weighted by molar-refractivity contribution is 5.85. The smallest absolute Gasteiger partial charge is 0.236 e. The maximum Gasteiger partial charge on any atom is 0.236 e. The van der Waals surface area contributed by atoms with Crippen molar-refractivity contribution in [3.8, 4) is 5.75 Å². The fourth-order valence-electron chi connectivity index (χ4n) is 4.78. The maximum atomic E-state index is 13.0. The van der Waals surface area contributed by atoms with Crippen molar-refractivity contribution < 1.29 is 14.3 Å². The van der Waals surface area contributed by atoms with Crippen LogP contribution in [-0.4, -0.2) is 72.9 Å². The number of likely N-dealkylation sites (tertiary alicyclic amines) is 2. The minimum absolute atomic E-state index is 0.134. The molecular formula is C25H33N3O3. The fraction of sp³-hybridized carbons (Fsp3) is 0.520. The van der Waals surface area contributed by atoms with Crippen LogP contribution in [0.25, 0.3) is 10.8 Å². The summed E-state index contributed by atoms with van der Waals surface area (Å²) in [5.74, 6) is 1.25. The third kappa shape index (κ3) is 5.18. The number of methoxy groups -OCH3 is 1. The molecule has 1 unspecified atom stereocenters. The first-order valence-corrected chi connectivity index (χ1v) is 11.4. The third-order valence-electron chi connectivity index (χ3n) is 6.65. The number of hydrogen-bond donors (Lipinski definition) is 0. The van der Waals surface area contributed by atoms with Crippen LogP contribution in [0, 0.1) is 0 Å². The van der Waals surface area contributed by atoms with Crippen molar-refractivity contribution in [1.82, 2.24) is 14.7 Å². The number of fused-ring (bicyclic) bond motifs is 1. The summed E-state index contributed by atoms with van der Waals surface area (Å²) < 4.78 is 5.30. The highest BCUT2D eigenvalue weighted by Gasteiger charge is 2.30. The van der Waals surface area contributed by atoms with E-state index in [4.69, 9.17) is 4.74 Å². The van der Waals surface area contributed by atoms with Crippen LogP contribution >= 0.6 is 0 Å². The van der Waals surface area contributed by atoms with Crippen LogP contribution in [-0.2, 0) is 16.1 Å². The van der Waals surface area contributed by atoms with Crippen molar-refractivity contribution in [2.24, 2.45) is 0 Å². The summed E-state index contributed by atoms with van der Waals surface area (Å²) in [7, 11) is 3.55. The second kappa shape index (κ2) is 9.69. The largest absolute Gasteiger partial charge is 0.497 e. The van der Waals surface area contributed by atoms with Gasteiger partial charge in [0.1, 0.15) is 5.75 Å². The number of piperidine rings is 1. The van der Waals surface area contributed by atoms with Crippen molar-refractivity contribution in [2.45, 2.75) is 44.7 Å². The topological polar surface area (TPSA) is 53.1 Å². The van der Waals surface area contributed by atoms with Gasteiger partial charge in [-0.25, -0.2) is 0 Å². The Labute approximate surface area is 184 Å². The van der Waals surface area contributed by atoms with Gasteiger partial charge in [-0.05, 0) is 60.3 Å². The highest BCUT2D eigenvalue weighted by atomic mass is 16.5. The van der Waals surface area contributed by atoms with Crippen molar-refractivity contribution in [3.05, 3.63) is 42.0 Å². The normalized spacial score (nSPS) is 19.7. The number of benzene rings is 2. The summed E-state index contributed by atoms with van der Waals surface area (Å²) in [5, 5.41) is 2.27. The Kier molecular flexibility index (Phi) is 6.76. The molecule has 0 spiro atoms. The van der Waals surface area contributed by atoms with Crippen LogP contribution in [0.2, 0.25) is 0 Å². The standard InChI is InChI=1S/C25H33N3O3/c1-26(16-19-8-9-21-15-23(31-2)11-10-20(21)14-19)25(30)18-27-12-4-3-6-22(27)17-28-13-5-7-24(28)29/h8-11,14-15,22H,3-7,12-13,16-18H2,1-2H3. The second-order valence-corrected chi connectivity index (χ2v) is 8.86. The van der Waals surface area contributed by atoms with Crippen molar-refractivity contribution in [3.63, 3.8) is 0 Å². The van der Waals surface area contributed by atoms with E-state index in [9.17, 15) is 9.59 Å². The predicted molar refractivity (Wildman–Crippen MR) is 122 cm³/mol. The lowest BCUT2D eigenvalue weighted by Crippen LogP contribution is -2.50. The quantitative estimate of drug-likeness (QED) is 0.686. The zero-order chi connectivity index (χ0) is 21.8. The van der Waals surface area contributed by atoms with Gasteiger partial charge in [0.25, 0.3) is 0 Å². The molecule has 2 amide bonds. The van der Waals surface area contributed by atoms with Crippen LogP contribution in [0.15, 0.2) is 36.4 Å². The first-order chi connectivity index (χ1) is 15.0. The summed E-state index contributed by atoms with van der Waals surface area (Å²) in [6, 6.07) is 12.6. The Bertz CT molecular complexity index is 945. The summed E-state index contributed by atoms with van der Waals surface area (Å²) in [4.78, 5) is 31.1. The molecule has 166 valence electrons. The SMILES string of the molecule is COc1ccc2cc(CN(C)C(=O)CN3CCCCC3CN3CCCC3=O)ccc2c1.